The van der Waals surface area contributed by atoms with Crippen LogP contribution in [0.2, 0.25) is 0 Å². The average Bonchev–Trinajstić information content (AvgIpc) is 2.31. The number of nitrogens with zero attached hydrogens (tertiary/aromatic N) is 2. The van der Waals surface area contributed by atoms with Crippen molar-refractivity contribution >= 4 is 39.0 Å². The first-order valence-corrected chi connectivity index (χ1v) is 6.78. The van der Waals surface area contributed by atoms with Gasteiger partial charge in [0.25, 0.3) is 0 Å². The highest BCUT2D eigenvalue weighted by molar-refractivity contribution is 9.10. The number of aromatic nitrogens is 1. The predicted octanol–water partition coefficient (Wildman–Crippen LogP) is 3.08. The molecule has 5 nitrogen and oxygen atoms in total. The molecule has 1 atom stereocenters. The number of halogens is 2. The molecule has 1 aliphatic rings. The fourth-order valence-corrected chi connectivity index (χ4v) is 2.94. The van der Waals surface area contributed by atoms with Crippen LogP contribution in [-0.2, 0) is 4.75 Å². The lowest BCUT2D eigenvalue weighted by atomic mass is 10.0. The summed E-state index contributed by atoms with van der Waals surface area (Å²) in [5.74, 6) is -0.598. The predicted molar refractivity (Wildman–Crippen MR) is 74.6 cm³/mol. The van der Waals surface area contributed by atoms with E-state index in [0.29, 0.717) is 10.0 Å². The second-order valence-electron chi connectivity index (χ2n) is 3.88. The quantitative estimate of drug-likeness (QED) is 0.767. The van der Waals surface area contributed by atoms with Crippen LogP contribution in [0.5, 0.6) is 0 Å². The fraction of sp³-hybridized carbons (Fsp3) is 0.182. The minimum Gasteiger partial charge on any atom is -0.465 e. The van der Waals surface area contributed by atoms with Gasteiger partial charge in [-0.25, -0.2) is 14.8 Å². The summed E-state index contributed by atoms with van der Waals surface area (Å²) in [6.07, 6.45) is 3.29. The molecule has 0 bridgehead atoms. The highest BCUT2D eigenvalue weighted by Crippen LogP contribution is 2.41. The zero-order chi connectivity index (χ0) is 14.0. The zero-order valence-electron chi connectivity index (χ0n) is 9.72. The van der Waals surface area contributed by atoms with E-state index in [1.54, 1.807) is 19.1 Å². The van der Waals surface area contributed by atoms with Gasteiger partial charge in [-0.1, -0.05) is 11.8 Å². The van der Waals surface area contributed by atoms with Crippen molar-refractivity contribution in [3.05, 3.63) is 40.5 Å². The summed E-state index contributed by atoms with van der Waals surface area (Å²) < 4.78 is 13.7. The zero-order valence-corrected chi connectivity index (χ0v) is 12.1. The highest BCUT2D eigenvalue weighted by Gasteiger charge is 2.33. The number of aliphatic imine (C=N–C) groups is 1. The minimum absolute atomic E-state index is 0.192. The molecule has 0 spiro atoms. The van der Waals surface area contributed by atoms with Gasteiger partial charge in [-0.15, -0.1) is 0 Å². The lowest BCUT2D eigenvalue weighted by Crippen LogP contribution is -2.32. The Morgan fingerprint density at radius 1 is 1.63 bits per heavy atom. The van der Waals surface area contributed by atoms with Crippen LogP contribution < -0.4 is 5.32 Å². The van der Waals surface area contributed by atoms with Crippen molar-refractivity contribution in [3.63, 3.8) is 0 Å². The molecule has 0 saturated heterocycles. The van der Waals surface area contributed by atoms with E-state index in [2.05, 4.69) is 31.2 Å². The molecule has 19 heavy (non-hydrogen) atoms. The van der Waals surface area contributed by atoms with Gasteiger partial charge in [-0.2, -0.15) is 4.39 Å². The van der Waals surface area contributed by atoms with E-state index >= 15 is 0 Å². The third-order valence-electron chi connectivity index (χ3n) is 2.45. The number of carboxylic acid groups (broad SMARTS) is 1. The van der Waals surface area contributed by atoms with Crippen molar-refractivity contribution < 1.29 is 14.3 Å². The second-order valence-corrected chi connectivity index (χ2v) is 6.24. The van der Waals surface area contributed by atoms with Crippen molar-refractivity contribution in [2.45, 2.75) is 11.7 Å². The molecular weight excluding hydrogens is 337 g/mol. The Labute approximate surface area is 121 Å². The third-order valence-corrected chi connectivity index (χ3v) is 4.06. The number of pyridine rings is 1. The van der Waals surface area contributed by atoms with Gasteiger partial charge < -0.3 is 5.11 Å². The molecule has 0 radical (unpaired) electrons. The van der Waals surface area contributed by atoms with E-state index in [1.807, 2.05) is 0 Å². The highest BCUT2D eigenvalue weighted by atomic mass is 79.9. The Kier molecular flexibility index (Phi) is 3.91. The molecule has 8 heteroatoms. The van der Waals surface area contributed by atoms with Crippen LogP contribution in [0.25, 0.3) is 0 Å². The van der Waals surface area contributed by atoms with Crippen LogP contribution in [0, 0.1) is 5.95 Å². The van der Waals surface area contributed by atoms with Crippen LogP contribution in [0.4, 0.5) is 9.18 Å². The van der Waals surface area contributed by atoms with Gasteiger partial charge in [0, 0.05) is 22.4 Å². The monoisotopic (exact) mass is 345 g/mol. The van der Waals surface area contributed by atoms with Gasteiger partial charge in [0.1, 0.15) is 0 Å². The molecule has 100 valence electrons. The standard InChI is InChI=1S/C11H9BrFN3O2S/c1-11(7-4-6(12)5-15-8(7)13)2-3-14-9(19-11)16-10(17)18/h2-5H,1H3,(H,14,16)(H,17,18). The maximum Gasteiger partial charge on any atom is 0.410 e. The van der Waals surface area contributed by atoms with Gasteiger partial charge in [0.15, 0.2) is 5.17 Å². The average molecular weight is 346 g/mol. The summed E-state index contributed by atoms with van der Waals surface area (Å²) >= 11 is 4.35. The molecule has 0 aromatic carbocycles. The van der Waals surface area contributed by atoms with E-state index in [-0.39, 0.29) is 5.17 Å². The van der Waals surface area contributed by atoms with E-state index in [0.717, 1.165) is 11.8 Å². The summed E-state index contributed by atoms with van der Waals surface area (Å²) in [5, 5.41) is 11.0. The summed E-state index contributed by atoms with van der Waals surface area (Å²) in [5.41, 5.74) is 0.350. The largest absolute Gasteiger partial charge is 0.465 e. The molecule has 0 fully saturated rings. The molecule has 1 aromatic heterocycles. The Balaban J connectivity index is 2.34. The number of hydrogen-bond donors (Lipinski definition) is 2. The first-order valence-electron chi connectivity index (χ1n) is 5.17. The first kappa shape index (κ1) is 14.0. The van der Waals surface area contributed by atoms with Crippen molar-refractivity contribution in [2.24, 2.45) is 4.99 Å². The smallest absolute Gasteiger partial charge is 0.410 e. The third kappa shape index (κ3) is 3.13. The summed E-state index contributed by atoms with van der Waals surface area (Å²) in [7, 11) is 0. The van der Waals surface area contributed by atoms with E-state index in [9.17, 15) is 9.18 Å². The number of thioether (sulfide) groups is 1. The van der Waals surface area contributed by atoms with Crippen LogP contribution in [0.3, 0.4) is 0 Å². The maximum atomic E-state index is 13.8. The number of amidine groups is 1. The number of hydrogen-bond acceptors (Lipinski definition) is 4. The Morgan fingerprint density at radius 2 is 2.37 bits per heavy atom. The molecule has 2 N–H and O–H groups in total. The Hall–Kier alpha value is -1.41. The Bertz CT molecular complexity index is 593. The second kappa shape index (κ2) is 5.30. The summed E-state index contributed by atoms with van der Waals surface area (Å²) in [6, 6.07) is 1.61. The van der Waals surface area contributed by atoms with Crippen molar-refractivity contribution in [1.82, 2.24) is 10.3 Å². The maximum absolute atomic E-state index is 13.8. The number of nitrogens with one attached hydrogen (secondary N) is 1. The summed E-state index contributed by atoms with van der Waals surface area (Å²) in [6.45, 7) is 1.76. The van der Waals surface area contributed by atoms with Gasteiger partial charge in [0.2, 0.25) is 5.95 Å². The van der Waals surface area contributed by atoms with Crippen LogP contribution in [0.15, 0.2) is 34.0 Å². The fourth-order valence-electron chi connectivity index (χ4n) is 1.57. The molecule has 1 amide bonds. The normalized spacial score (nSPS) is 21.9. The van der Waals surface area contributed by atoms with Crippen LogP contribution in [0.1, 0.15) is 12.5 Å². The lowest BCUT2D eigenvalue weighted by molar-refractivity contribution is 0.200. The van der Waals surface area contributed by atoms with Crippen molar-refractivity contribution in [3.8, 4) is 0 Å². The van der Waals surface area contributed by atoms with Gasteiger partial charge in [0.05, 0.1) is 4.75 Å². The number of amides is 1. The van der Waals surface area contributed by atoms with E-state index in [1.165, 1.54) is 12.4 Å². The Morgan fingerprint density at radius 3 is 3.05 bits per heavy atom. The molecule has 0 saturated carbocycles. The first-order chi connectivity index (χ1) is 8.90. The summed E-state index contributed by atoms with van der Waals surface area (Å²) in [4.78, 5) is 18.2. The number of rotatable bonds is 1. The van der Waals surface area contributed by atoms with Gasteiger partial charge in [-0.3, -0.25) is 5.32 Å². The molecule has 1 aliphatic heterocycles. The molecular formula is C11H9BrFN3O2S. The number of carbonyl (C=O) groups is 1. The van der Waals surface area contributed by atoms with E-state index < -0.39 is 16.8 Å². The van der Waals surface area contributed by atoms with Crippen molar-refractivity contribution in [2.75, 3.05) is 0 Å². The minimum atomic E-state index is -1.21. The molecule has 0 aliphatic carbocycles. The molecule has 1 aromatic rings. The molecule has 2 rings (SSSR count). The van der Waals surface area contributed by atoms with E-state index in [4.69, 9.17) is 5.11 Å². The van der Waals surface area contributed by atoms with Gasteiger partial charge >= 0.3 is 6.09 Å². The SMILES string of the molecule is CC1(c2cc(Br)cnc2F)C=CN=C(NC(=O)O)S1. The van der Waals surface area contributed by atoms with Crippen LogP contribution in [-0.4, -0.2) is 21.4 Å². The molecule has 1 unspecified atom stereocenters. The lowest BCUT2D eigenvalue weighted by Gasteiger charge is -2.28. The van der Waals surface area contributed by atoms with Crippen LogP contribution >= 0.6 is 27.7 Å². The topological polar surface area (TPSA) is 74.6 Å². The van der Waals surface area contributed by atoms with Crippen molar-refractivity contribution in [1.29, 1.82) is 0 Å². The van der Waals surface area contributed by atoms with Gasteiger partial charge in [-0.05, 0) is 35.0 Å². The molecule has 2 heterocycles.